The molecule has 3 aromatic rings. The lowest BCUT2D eigenvalue weighted by Crippen LogP contribution is -2.38. The van der Waals surface area contributed by atoms with Gasteiger partial charge in [0, 0.05) is 22.4 Å². The van der Waals surface area contributed by atoms with E-state index < -0.39 is 11.7 Å². The van der Waals surface area contributed by atoms with Crippen molar-refractivity contribution in [1.29, 1.82) is 0 Å². The van der Waals surface area contributed by atoms with Crippen LogP contribution in [-0.2, 0) is 12.1 Å². The fourth-order valence-corrected chi connectivity index (χ4v) is 2.91. The second-order valence-corrected chi connectivity index (χ2v) is 6.49. The van der Waals surface area contributed by atoms with Gasteiger partial charge in [-0.2, -0.15) is 0 Å². The number of hydrogen-bond acceptors (Lipinski definition) is 3. The molecule has 2 aromatic carbocycles. The molecule has 0 fully saturated rings. The summed E-state index contributed by atoms with van der Waals surface area (Å²) < 4.78 is 1.72. The SMILES string of the molecule is O[C@@H](c1ccc(Cl)cc1)[C@](O)(Cn1ccnc1)c1ccc(Cl)cc1. The number of rotatable bonds is 5. The summed E-state index contributed by atoms with van der Waals surface area (Å²) in [6, 6.07) is 13.5. The Morgan fingerprint density at radius 1 is 1.00 bits per heavy atom. The van der Waals surface area contributed by atoms with E-state index in [0.29, 0.717) is 21.2 Å². The van der Waals surface area contributed by atoms with Gasteiger partial charge in [0.25, 0.3) is 0 Å². The van der Waals surface area contributed by atoms with Gasteiger partial charge in [0.15, 0.2) is 0 Å². The highest BCUT2D eigenvalue weighted by molar-refractivity contribution is 6.30. The van der Waals surface area contributed by atoms with Crippen LogP contribution in [0.3, 0.4) is 0 Å². The normalized spacial score (nSPS) is 15.0. The van der Waals surface area contributed by atoms with Crippen LogP contribution in [0, 0.1) is 0 Å². The zero-order chi connectivity index (χ0) is 17.2. The van der Waals surface area contributed by atoms with Crippen LogP contribution in [0.1, 0.15) is 17.2 Å². The number of halogens is 2. The van der Waals surface area contributed by atoms with Gasteiger partial charge in [-0.25, -0.2) is 4.98 Å². The van der Waals surface area contributed by atoms with Crippen LogP contribution in [0.15, 0.2) is 67.3 Å². The molecule has 0 bridgehead atoms. The van der Waals surface area contributed by atoms with Crippen LogP contribution < -0.4 is 0 Å². The van der Waals surface area contributed by atoms with Crippen LogP contribution in [0.4, 0.5) is 0 Å². The Labute approximate surface area is 149 Å². The predicted octanol–water partition coefficient (Wildman–Crippen LogP) is 3.81. The molecule has 0 aliphatic rings. The Balaban J connectivity index is 2.03. The van der Waals surface area contributed by atoms with E-state index in [9.17, 15) is 10.2 Å². The summed E-state index contributed by atoms with van der Waals surface area (Å²) in [7, 11) is 0. The first-order valence-electron chi connectivity index (χ1n) is 7.37. The van der Waals surface area contributed by atoms with Crippen molar-refractivity contribution in [2.75, 3.05) is 0 Å². The Bertz CT molecular complexity index is 789. The molecule has 2 N–H and O–H groups in total. The monoisotopic (exact) mass is 362 g/mol. The summed E-state index contributed by atoms with van der Waals surface area (Å²) in [6.07, 6.45) is 3.79. The molecule has 6 heteroatoms. The topological polar surface area (TPSA) is 58.3 Å². The predicted molar refractivity (Wildman–Crippen MR) is 94.0 cm³/mol. The lowest BCUT2D eigenvalue weighted by Gasteiger charge is -2.34. The van der Waals surface area contributed by atoms with Gasteiger partial charge in [0.2, 0.25) is 0 Å². The van der Waals surface area contributed by atoms with E-state index in [-0.39, 0.29) is 6.54 Å². The summed E-state index contributed by atoms with van der Waals surface area (Å²) in [4.78, 5) is 3.99. The highest BCUT2D eigenvalue weighted by atomic mass is 35.5. The molecule has 1 heterocycles. The van der Waals surface area contributed by atoms with Crippen LogP contribution in [0.2, 0.25) is 10.0 Å². The Kier molecular flexibility index (Phi) is 4.92. The fourth-order valence-electron chi connectivity index (χ4n) is 2.65. The zero-order valence-electron chi connectivity index (χ0n) is 12.7. The molecular formula is C18H16Cl2N2O2. The minimum Gasteiger partial charge on any atom is -0.385 e. The van der Waals surface area contributed by atoms with Gasteiger partial charge in [-0.05, 0) is 35.4 Å². The number of hydrogen-bond donors (Lipinski definition) is 2. The largest absolute Gasteiger partial charge is 0.385 e. The summed E-state index contributed by atoms with van der Waals surface area (Å²) in [5, 5.41) is 23.4. The third kappa shape index (κ3) is 3.47. The number of aromatic nitrogens is 2. The van der Waals surface area contributed by atoms with Gasteiger partial charge >= 0.3 is 0 Å². The van der Waals surface area contributed by atoms with Gasteiger partial charge in [-0.3, -0.25) is 0 Å². The van der Waals surface area contributed by atoms with Crippen molar-refractivity contribution >= 4 is 23.2 Å². The van der Waals surface area contributed by atoms with Crippen molar-refractivity contribution in [2.45, 2.75) is 18.2 Å². The fraction of sp³-hybridized carbons (Fsp3) is 0.167. The first kappa shape index (κ1) is 17.0. The summed E-state index contributed by atoms with van der Waals surface area (Å²) in [5.74, 6) is 0. The van der Waals surface area contributed by atoms with Crippen molar-refractivity contribution in [1.82, 2.24) is 9.55 Å². The molecule has 0 spiro atoms. The second kappa shape index (κ2) is 6.95. The molecule has 0 amide bonds. The zero-order valence-corrected chi connectivity index (χ0v) is 14.2. The molecule has 0 saturated heterocycles. The van der Waals surface area contributed by atoms with Crippen molar-refractivity contribution < 1.29 is 10.2 Å². The van der Waals surface area contributed by atoms with Crippen molar-refractivity contribution in [3.8, 4) is 0 Å². The molecule has 0 aliphatic carbocycles. The van der Waals surface area contributed by atoms with Crippen molar-refractivity contribution in [3.63, 3.8) is 0 Å². The van der Waals surface area contributed by atoms with E-state index in [1.165, 1.54) is 0 Å². The molecule has 4 nitrogen and oxygen atoms in total. The molecule has 0 aliphatic heterocycles. The molecule has 2 atom stereocenters. The van der Waals surface area contributed by atoms with Gasteiger partial charge in [0.1, 0.15) is 11.7 Å². The minimum atomic E-state index is -1.56. The maximum absolute atomic E-state index is 11.4. The standard InChI is InChI=1S/C18H16Cl2N2O2/c19-15-5-1-13(2-6-15)17(23)18(24,11-22-10-9-21-12-22)14-3-7-16(20)8-4-14/h1-10,12,17,23-24H,11H2/t17-,18-/m0/s1. The lowest BCUT2D eigenvalue weighted by molar-refractivity contribution is -0.0946. The molecule has 1 aromatic heterocycles. The minimum absolute atomic E-state index is 0.137. The van der Waals surface area contributed by atoms with Gasteiger partial charge in [0.05, 0.1) is 12.9 Å². The maximum atomic E-state index is 11.4. The average molecular weight is 363 g/mol. The van der Waals surface area contributed by atoms with Crippen LogP contribution in [-0.4, -0.2) is 19.8 Å². The van der Waals surface area contributed by atoms with Crippen LogP contribution >= 0.6 is 23.2 Å². The first-order valence-corrected chi connectivity index (χ1v) is 8.12. The van der Waals surface area contributed by atoms with E-state index in [1.54, 1.807) is 71.8 Å². The maximum Gasteiger partial charge on any atom is 0.137 e. The average Bonchev–Trinajstić information content (AvgIpc) is 3.08. The van der Waals surface area contributed by atoms with Gasteiger partial charge < -0.3 is 14.8 Å². The van der Waals surface area contributed by atoms with Crippen LogP contribution in [0.25, 0.3) is 0 Å². The van der Waals surface area contributed by atoms with Crippen molar-refractivity contribution in [2.24, 2.45) is 0 Å². The molecule has 0 saturated carbocycles. The van der Waals surface area contributed by atoms with E-state index in [0.717, 1.165) is 0 Å². The number of imidazole rings is 1. The number of aliphatic hydroxyl groups excluding tert-OH is 1. The molecule has 0 unspecified atom stereocenters. The summed E-state index contributed by atoms with van der Waals surface area (Å²) >= 11 is 11.9. The third-order valence-electron chi connectivity index (χ3n) is 3.97. The lowest BCUT2D eigenvalue weighted by atomic mass is 9.84. The molecule has 0 radical (unpaired) electrons. The number of nitrogens with zero attached hydrogens (tertiary/aromatic N) is 2. The van der Waals surface area contributed by atoms with Gasteiger partial charge in [-0.15, -0.1) is 0 Å². The number of benzene rings is 2. The Morgan fingerprint density at radius 2 is 1.58 bits per heavy atom. The highest BCUT2D eigenvalue weighted by Crippen LogP contribution is 2.37. The quantitative estimate of drug-likeness (QED) is 0.725. The Morgan fingerprint density at radius 3 is 2.12 bits per heavy atom. The second-order valence-electron chi connectivity index (χ2n) is 5.62. The number of aliphatic hydroxyl groups is 2. The van der Waals surface area contributed by atoms with Crippen LogP contribution in [0.5, 0.6) is 0 Å². The van der Waals surface area contributed by atoms with E-state index in [4.69, 9.17) is 23.2 Å². The molecular weight excluding hydrogens is 347 g/mol. The van der Waals surface area contributed by atoms with Crippen molar-refractivity contribution in [3.05, 3.63) is 88.4 Å². The smallest absolute Gasteiger partial charge is 0.137 e. The van der Waals surface area contributed by atoms with E-state index in [1.807, 2.05) is 0 Å². The molecule has 124 valence electrons. The van der Waals surface area contributed by atoms with Gasteiger partial charge in [-0.1, -0.05) is 47.5 Å². The Hall–Kier alpha value is -1.85. The molecule has 3 rings (SSSR count). The summed E-state index contributed by atoms with van der Waals surface area (Å²) in [6.45, 7) is 0.137. The van der Waals surface area contributed by atoms with E-state index >= 15 is 0 Å². The summed E-state index contributed by atoms with van der Waals surface area (Å²) in [5.41, 5.74) is -0.431. The highest BCUT2D eigenvalue weighted by Gasteiger charge is 2.39. The molecule has 24 heavy (non-hydrogen) atoms. The van der Waals surface area contributed by atoms with E-state index in [2.05, 4.69) is 4.98 Å². The third-order valence-corrected chi connectivity index (χ3v) is 4.47. The first-order chi connectivity index (χ1) is 11.5.